The van der Waals surface area contributed by atoms with Gasteiger partial charge in [-0.15, -0.1) is 0 Å². The van der Waals surface area contributed by atoms with Crippen molar-refractivity contribution < 1.29 is 0 Å². The Hall–Kier alpha value is -0.900. The Morgan fingerprint density at radius 2 is 2.31 bits per heavy atom. The van der Waals surface area contributed by atoms with Crippen LogP contribution in [-0.2, 0) is 0 Å². The van der Waals surface area contributed by atoms with E-state index in [9.17, 15) is 0 Å². The van der Waals surface area contributed by atoms with Crippen LogP contribution in [0.5, 0.6) is 0 Å². The van der Waals surface area contributed by atoms with Gasteiger partial charge in [-0.1, -0.05) is 0 Å². The maximum Gasteiger partial charge on any atom is 0.179 e. The average molecular weight is 238 g/mol. The maximum absolute atomic E-state index is 4.39. The van der Waals surface area contributed by atoms with E-state index in [1.54, 1.807) is 0 Å². The molecule has 2 aromatic heterocycles. The lowest BCUT2D eigenvalue weighted by Crippen LogP contribution is -1.94. The van der Waals surface area contributed by atoms with Crippen molar-refractivity contribution in [2.45, 2.75) is 18.9 Å². The van der Waals surface area contributed by atoms with Crippen molar-refractivity contribution in [3.05, 3.63) is 23.1 Å². The second kappa shape index (κ2) is 2.54. The minimum absolute atomic E-state index is 0.620. The number of rotatable bonds is 1. The summed E-state index contributed by atoms with van der Waals surface area (Å²) in [5, 5.41) is 0. The van der Waals surface area contributed by atoms with E-state index >= 15 is 0 Å². The molecule has 0 N–H and O–H groups in total. The smallest absolute Gasteiger partial charge is 0.179 e. The first-order chi connectivity index (χ1) is 6.36. The quantitative estimate of drug-likeness (QED) is 0.764. The van der Waals surface area contributed by atoms with Gasteiger partial charge in [-0.25, -0.2) is 9.97 Å². The van der Waals surface area contributed by atoms with Crippen LogP contribution in [0.3, 0.4) is 0 Å². The van der Waals surface area contributed by atoms with Crippen LogP contribution in [-0.4, -0.2) is 14.5 Å². The van der Waals surface area contributed by atoms with Gasteiger partial charge in [0.25, 0.3) is 0 Å². The molecule has 2 aromatic rings. The van der Waals surface area contributed by atoms with Crippen molar-refractivity contribution >= 4 is 27.1 Å². The summed E-state index contributed by atoms with van der Waals surface area (Å²) in [6, 6.07) is 4.53. The SMILES string of the molecule is Brc1nc2cccnc2n1C1CC1. The van der Waals surface area contributed by atoms with Gasteiger partial charge >= 0.3 is 0 Å². The number of hydrogen-bond acceptors (Lipinski definition) is 2. The summed E-state index contributed by atoms with van der Waals surface area (Å²) in [6.45, 7) is 0. The summed E-state index contributed by atoms with van der Waals surface area (Å²) in [4.78, 5) is 8.73. The minimum atomic E-state index is 0.620. The summed E-state index contributed by atoms with van der Waals surface area (Å²) in [6.07, 6.45) is 4.32. The van der Waals surface area contributed by atoms with Crippen molar-refractivity contribution in [1.82, 2.24) is 14.5 Å². The second-order valence-corrected chi connectivity index (χ2v) is 4.04. The van der Waals surface area contributed by atoms with Gasteiger partial charge in [0.2, 0.25) is 0 Å². The molecule has 1 aliphatic rings. The fourth-order valence-electron chi connectivity index (χ4n) is 1.56. The van der Waals surface area contributed by atoms with Crippen LogP contribution in [0.2, 0.25) is 0 Å². The van der Waals surface area contributed by atoms with Crippen LogP contribution in [0.25, 0.3) is 11.2 Å². The summed E-state index contributed by atoms with van der Waals surface area (Å²) in [5.41, 5.74) is 1.97. The minimum Gasteiger partial charge on any atom is -0.300 e. The van der Waals surface area contributed by atoms with E-state index in [0.29, 0.717) is 6.04 Å². The van der Waals surface area contributed by atoms with Crippen molar-refractivity contribution in [3.8, 4) is 0 Å². The van der Waals surface area contributed by atoms with Crippen molar-refractivity contribution in [2.24, 2.45) is 0 Å². The number of hydrogen-bond donors (Lipinski definition) is 0. The first kappa shape index (κ1) is 7.50. The van der Waals surface area contributed by atoms with E-state index in [1.165, 1.54) is 12.8 Å². The average Bonchev–Trinajstić information content (AvgIpc) is 2.88. The number of aromatic nitrogens is 3. The van der Waals surface area contributed by atoms with Gasteiger partial charge in [-0.3, -0.25) is 0 Å². The third kappa shape index (κ3) is 1.09. The highest BCUT2D eigenvalue weighted by Crippen LogP contribution is 2.39. The van der Waals surface area contributed by atoms with Crippen LogP contribution in [0.15, 0.2) is 23.1 Å². The molecule has 2 heterocycles. The Bertz CT molecular complexity index is 459. The summed E-state index contributed by atoms with van der Waals surface area (Å²) >= 11 is 3.46. The van der Waals surface area contributed by atoms with E-state index in [4.69, 9.17) is 0 Å². The molecule has 0 bridgehead atoms. The summed E-state index contributed by atoms with van der Waals surface area (Å²) in [7, 11) is 0. The molecule has 0 spiro atoms. The maximum atomic E-state index is 4.39. The molecular formula is C9H8BrN3. The number of halogens is 1. The number of pyridine rings is 1. The molecule has 1 aliphatic carbocycles. The Balaban J connectivity index is 2.35. The van der Waals surface area contributed by atoms with Crippen LogP contribution in [0.4, 0.5) is 0 Å². The standard InChI is InChI=1S/C9H8BrN3/c10-9-12-7-2-1-5-11-8(7)13(9)6-3-4-6/h1-2,5-6H,3-4H2. The van der Waals surface area contributed by atoms with Gasteiger partial charge in [-0.05, 0) is 40.9 Å². The van der Waals surface area contributed by atoms with E-state index in [1.807, 2.05) is 18.3 Å². The van der Waals surface area contributed by atoms with Crippen LogP contribution in [0, 0.1) is 0 Å². The number of fused-ring (bicyclic) bond motifs is 1. The van der Waals surface area contributed by atoms with Gasteiger partial charge < -0.3 is 4.57 Å². The van der Waals surface area contributed by atoms with Gasteiger partial charge in [0.1, 0.15) is 5.52 Å². The molecule has 1 fully saturated rings. The summed E-state index contributed by atoms with van der Waals surface area (Å²) in [5.74, 6) is 0. The first-order valence-corrected chi connectivity index (χ1v) is 5.14. The van der Waals surface area contributed by atoms with Crippen LogP contribution < -0.4 is 0 Å². The molecular weight excluding hydrogens is 230 g/mol. The molecule has 0 saturated heterocycles. The lowest BCUT2D eigenvalue weighted by atomic mass is 10.4. The topological polar surface area (TPSA) is 30.7 Å². The van der Waals surface area contributed by atoms with Crippen molar-refractivity contribution in [2.75, 3.05) is 0 Å². The predicted molar refractivity (Wildman–Crippen MR) is 53.5 cm³/mol. The highest BCUT2D eigenvalue weighted by Gasteiger charge is 2.27. The lowest BCUT2D eigenvalue weighted by molar-refractivity contribution is 0.737. The largest absolute Gasteiger partial charge is 0.300 e. The molecule has 66 valence electrons. The number of imidazole rings is 1. The molecule has 0 unspecified atom stereocenters. The molecule has 1 saturated carbocycles. The zero-order valence-electron chi connectivity index (χ0n) is 6.94. The molecule has 13 heavy (non-hydrogen) atoms. The third-order valence-corrected chi connectivity index (χ3v) is 2.88. The monoisotopic (exact) mass is 237 g/mol. The second-order valence-electron chi connectivity index (χ2n) is 3.33. The molecule has 0 aliphatic heterocycles. The zero-order valence-corrected chi connectivity index (χ0v) is 8.53. The Morgan fingerprint density at radius 3 is 3.08 bits per heavy atom. The molecule has 3 nitrogen and oxygen atoms in total. The fraction of sp³-hybridized carbons (Fsp3) is 0.333. The predicted octanol–water partition coefficient (Wildman–Crippen LogP) is 2.53. The molecule has 0 aromatic carbocycles. The Labute approximate surface area is 83.9 Å². The van der Waals surface area contributed by atoms with Crippen molar-refractivity contribution in [1.29, 1.82) is 0 Å². The van der Waals surface area contributed by atoms with Gasteiger partial charge in [0, 0.05) is 12.2 Å². The van der Waals surface area contributed by atoms with E-state index < -0.39 is 0 Å². The molecule has 4 heteroatoms. The highest BCUT2D eigenvalue weighted by atomic mass is 79.9. The van der Waals surface area contributed by atoms with Gasteiger partial charge in [0.15, 0.2) is 10.4 Å². The Kier molecular flexibility index (Phi) is 1.47. The van der Waals surface area contributed by atoms with Gasteiger partial charge in [0.05, 0.1) is 0 Å². The number of nitrogens with zero attached hydrogens (tertiary/aromatic N) is 3. The summed E-state index contributed by atoms with van der Waals surface area (Å²) < 4.78 is 3.08. The normalized spacial score (nSPS) is 16.7. The lowest BCUT2D eigenvalue weighted by Gasteiger charge is -2.00. The molecule has 3 rings (SSSR count). The highest BCUT2D eigenvalue weighted by molar-refractivity contribution is 9.10. The van der Waals surface area contributed by atoms with E-state index in [2.05, 4.69) is 30.5 Å². The van der Waals surface area contributed by atoms with Crippen LogP contribution in [0.1, 0.15) is 18.9 Å². The zero-order chi connectivity index (χ0) is 8.84. The van der Waals surface area contributed by atoms with E-state index in [-0.39, 0.29) is 0 Å². The molecule has 0 atom stereocenters. The molecule has 0 radical (unpaired) electrons. The van der Waals surface area contributed by atoms with Crippen LogP contribution >= 0.6 is 15.9 Å². The van der Waals surface area contributed by atoms with Crippen molar-refractivity contribution in [3.63, 3.8) is 0 Å². The Morgan fingerprint density at radius 1 is 1.46 bits per heavy atom. The van der Waals surface area contributed by atoms with E-state index in [0.717, 1.165) is 15.9 Å². The van der Waals surface area contributed by atoms with Gasteiger partial charge in [-0.2, -0.15) is 0 Å². The first-order valence-electron chi connectivity index (χ1n) is 4.35. The fourth-order valence-corrected chi connectivity index (χ4v) is 2.21. The molecule has 0 amide bonds. The third-order valence-electron chi connectivity index (χ3n) is 2.32.